The predicted molar refractivity (Wildman–Crippen MR) is 77.5 cm³/mol. The molecule has 0 aliphatic carbocycles. The fraction of sp³-hybridized carbons (Fsp3) is 0.176. The van der Waals surface area contributed by atoms with Crippen LogP contribution < -0.4 is 0 Å². The van der Waals surface area contributed by atoms with E-state index in [4.69, 9.17) is 0 Å². The number of hydrogen-bond acceptors (Lipinski definition) is 2. The Labute approximate surface area is 117 Å². The first-order valence-corrected chi connectivity index (χ1v) is 6.37. The summed E-state index contributed by atoms with van der Waals surface area (Å²) in [6.45, 7) is 5.28. The van der Waals surface area contributed by atoms with Gasteiger partial charge in [0, 0.05) is 11.1 Å². The van der Waals surface area contributed by atoms with E-state index in [-0.39, 0.29) is 11.3 Å². The molecule has 0 aliphatic heterocycles. The molecule has 102 valence electrons. The molecule has 2 aromatic rings. The zero-order valence-corrected chi connectivity index (χ0v) is 11.7. The summed E-state index contributed by atoms with van der Waals surface area (Å²) in [4.78, 5) is 23.9. The van der Waals surface area contributed by atoms with Crippen molar-refractivity contribution in [3.8, 4) is 0 Å². The normalized spacial score (nSPS) is 10.3. The molecule has 1 N–H and O–H groups in total. The molecule has 0 unspecified atom stereocenters. The summed E-state index contributed by atoms with van der Waals surface area (Å²) >= 11 is 0. The number of carbonyl (C=O) groups excluding carboxylic acids is 1. The van der Waals surface area contributed by atoms with Gasteiger partial charge in [0.05, 0.1) is 5.56 Å². The first-order valence-electron chi connectivity index (χ1n) is 6.37. The Kier molecular flexibility index (Phi) is 3.70. The Morgan fingerprint density at radius 3 is 2.00 bits per heavy atom. The maximum absolute atomic E-state index is 12.6. The highest BCUT2D eigenvalue weighted by Crippen LogP contribution is 2.24. The number of aryl methyl sites for hydroxylation is 2. The van der Waals surface area contributed by atoms with Gasteiger partial charge < -0.3 is 5.11 Å². The third-order valence-electron chi connectivity index (χ3n) is 3.45. The lowest BCUT2D eigenvalue weighted by Crippen LogP contribution is -2.12. The van der Waals surface area contributed by atoms with Gasteiger partial charge in [0.25, 0.3) is 0 Å². The molecule has 2 aromatic carbocycles. The average molecular weight is 268 g/mol. The van der Waals surface area contributed by atoms with Crippen molar-refractivity contribution in [2.24, 2.45) is 0 Å². The van der Waals surface area contributed by atoms with E-state index in [0.717, 1.165) is 5.56 Å². The van der Waals surface area contributed by atoms with Crippen molar-refractivity contribution in [1.29, 1.82) is 0 Å². The van der Waals surface area contributed by atoms with Crippen LogP contribution in [0.3, 0.4) is 0 Å². The van der Waals surface area contributed by atoms with E-state index in [1.807, 2.05) is 13.0 Å². The van der Waals surface area contributed by atoms with Crippen molar-refractivity contribution >= 4 is 11.8 Å². The molecular weight excluding hydrogens is 252 g/mol. The molecule has 3 nitrogen and oxygen atoms in total. The molecule has 0 saturated carbocycles. The third-order valence-corrected chi connectivity index (χ3v) is 3.45. The van der Waals surface area contributed by atoms with Crippen molar-refractivity contribution in [1.82, 2.24) is 0 Å². The van der Waals surface area contributed by atoms with Crippen LogP contribution in [0.4, 0.5) is 0 Å². The zero-order chi connectivity index (χ0) is 14.9. The summed E-state index contributed by atoms with van der Waals surface area (Å²) in [5.41, 5.74) is 3.28. The van der Waals surface area contributed by atoms with E-state index >= 15 is 0 Å². The van der Waals surface area contributed by atoms with Gasteiger partial charge in [0.1, 0.15) is 0 Å². The quantitative estimate of drug-likeness (QED) is 0.866. The summed E-state index contributed by atoms with van der Waals surface area (Å²) in [5.74, 6) is -1.13. The van der Waals surface area contributed by atoms with E-state index in [0.29, 0.717) is 22.3 Å². The van der Waals surface area contributed by atoms with Gasteiger partial charge in [0.15, 0.2) is 5.78 Å². The Hall–Kier alpha value is -2.42. The van der Waals surface area contributed by atoms with Crippen LogP contribution in [0.15, 0.2) is 36.4 Å². The number of ketones is 1. The smallest absolute Gasteiger partial charge is 0.336 e. The Balaban J connectivity index is 2.66. The second kappa shape index (κ2) is 5.29. The van der Waals surface area contributed by atoms with Crippen LogP contribution in [0.2, 0.25) is 0 Å². The number of carboxylic acids is 1. The molecule has 0 bridgehead atoms. The van der Waals surface area contributed by atoms with Gasteiger partial charge >= 0.3 is 5.97 Å². The maximum atomic E-state index is 12.6. The van der Waals surface area contributed by atoms with Crippen molar-refractivity contribution in [2.45, 2.75) is 20.8 Å². The molecule has 0 radical (unpaired) electrons. The zero-order valence-electron chi connectivity index (χ0n) is 11.7. The number of benzene rings is 2. The van der Waals surface area contributed by atoms with Gasteiger partial charge in [-0.2, -0.15) is 0 Å². The first-order chi connectivity index (χ1) is 9.43. The Bertz CT molecular complexity index is 685. The predicted octanol–water partition coefficient (Wildman–Crippen LogP) is 3.54. The van der Waals surface area contributed by atoms with Crippen LogP contribution >= 0.6 is 0 Å². The van der Waals surface area contributed by atoms with E-state index in [9.17, 15) is 14.7 Å². The van der Waals surface area contributed by atoms with Crippen LogP contribution in [-0.4, -0.2) is 16.9 Å². The van der Waals surface area contributed by atoms with Crippen molar-refractivity contribution in [2.75, 3.05) is 0 Å². The molecule has 20 heavy (non-hydrogen) atoms. The fourth-order valence-electron chi connectivity index (χ4n) is 2.60. The topological polar surface area (TPSA) is 54.4 Å². The second-order valence-corrected chi connectivity index (χ2v) is 4.89. The molecule has 0 spiro atoms. The number of carboxylic acid groups (broad SMARTS) is 1. The molecule has 0 aromatic heterocycles. The van der Waals surface area contributed by atoms with Gasteiger partial charge in [-0.25, -0.2) is 4.79 Å². The third kappa shape index (κ3) is 2.35. The molecule has 3 heteroatoms. The van der Waals surface area contributed by atoms with E-state index in [1.54, 1.807) is 44.2 Å². The van der Waals surface area contributed by atoms with Crippen LogP contribution in [0.25, 0.3) is 0 Å². The van der Waals surface area contributed by atoms with Crippen molar-refractivity contribution < 1.29 is 14.7 Å². The summed E-state index contributed by atoms with van der Waals surface area (Å²) in [6.07, 6.45) is 0. The summed E-state index contributed by atoms with van der Waals surface area (Å²) in [6, 6.07) is 10.7. The van der Waals surface area contributed by atoms with E-state index < -0.39 is 5.97 Å². The van der Waals surface area contributed by atoms with E-state index in [2.05, 4.69) is 0 Å². The summed E-state index contributed by atoms with van der Waals surface area (Å²) in [7, 11) is 0. The molecule has 0 heterocycles. The number of rotatable bonds is 3. The number of carbonyl (C=O) groups is 2. The number of hydrogen-bond donors (Lipinski definition) is 1. The lowest BCUT2D eigenvalue weighted by molar-refractivity contribution is 0.0695. The Morgan fingerprint density at radius 1 is 0.900 bits per heavy atom. The Morgan fingerprint density at radius 2 is 1.45 bits per heavy atom. The van der Waals surface area contributed by atoms with Gasteiger partial charge in [-0.1, -0.05) is 36.4 Å². The molecular formula is C17H16O3. The van der Waals surface area contributed by atoms with E-state index in [1.165, 1.54) is 0 Å². The minimum atomic E-state index is -0.998. The highest BCUT2D eigenvalue weighted by molar-refractivity contribution is 6.12. The highest BCUT2D eigenvalue weighted by Gasteiger charge is 2.21. The summed E-state index contributed by atoms with van der Waals surface area (Å²) < 4.78 is 0. The van der Waals surface area contributed by atoms with Gasteiger partial charge in [-0.15, -0.1) is 0 Å². The SMILES string of the molecule is Cc1cc(C)c(C(=O)c2ccccc2)c(C)c1C(=O)O. The minimum absolute atomic E-state index is 0.136. The number of aromatic carboxylic acids is 1. The first kappa shape index (κ1) is 14.0. The molecule has 0 amide bonds. The van der Waals surface area contributed by atoms with Crippen LogP contribution in [0.1, 0.15) is 43.0 Å². The molecule has 0 saturated heterocycles. The lowest BCUT2D eigenvalue weighted by Gasteiger charge is -2.14. The maximum Gasteiger partial charge on any atom is 0.336 e. The minimum Gasteiger partial charge on any atom is -0.478 e. The average Bonchev–Trinajstić information content (AvgIpc) is 2.38. The molecule has 2 rings (SSSR count). The monoisotopic (exact) mass is 268 g/mol. The van der Waals surface area contributed by atoms with Crippen molar-refractivity contribution in [3.05, 3.63) is 69.8 Å². The highest BCUT2D eigenvalue weighted by atomic mass is 16.4. The molecule has 0 atom stereocenters. The van der Waals surface area contributed by atoms with Gasteiger partial charge in [-0.05, 0) is 37.5 Å². The van der Waals surface area contributed by atoms with Gasteiger partial charge in [-0.3, -0.25) is 4.79 Å². The molecule has 0 aliphatic rings. The van der Waals surface area contributed by atoms with Crippen LogP contribution in [-0.2, 0) is 0 Å². The molecule has 0 fully saturated rings. The largest absolute Gasteiger partial charge is 0.478 e. The summed E-state index contributed by atoms with van der Waals surface area (Å²) in [5, 5.41) is 9.30. The van der Waals surface area contributed by atoms with Gasteiger partial charge in [0.2, 0.25) is 0 Å². The second-order valence-electron chi connectivity index (χ2n) is 4.89. The van der Waals surface area contributed by atoms with Crippen LogP contribution in [0, 0.1) is 20.8 Å². The van der Waals surface area contributed by atoms with Crippen molar-refractivity contribution in [3.63, 3.8) is 0 Å². The fourth-order valence-corrected chi connectivity index (χ4v) is 2.60. The lowest BCUT2D eigenvalue weighted by atomic mass is 9.89. The standard InChI is InChI=1S/C17H16O3/c1-10-9-11(2)15(17(19)20)12(3)14(10)16(18)13-7-5-4-6-8-13/h4-9H,1-3H3,(H,19,20). The van der Waals surface area contributed by atoms with Crippen LogP contribution in [0.5, 0.6) is 0 Å².